The van der Waals surface area contributed by atoms with Crippen molar-refractivity contribution in [3.05, 3.63) is 49.6 Å². The number of ether oxygens (including phenoxy) is 3. The summed E-state index contributed by atoms with van der Waals surface area (Å²) in [7, 11) is 1.58. The molecule has 0 aliphatic carbocycles. The van der Waals surface area contributed by atoms with Gasteiger partial charge in [0.15, 0.2) is 0 Å². The first-order valence-corrected chi connectivity index (χ1v) is 13.7. The average molecular weight is 541 g/mol. The lowest BCUT2D eigenvalue weighted by atomic mass is 9.66. The zero-order valence-corrected chi connectivity index (χ0v) is 23.0. The Bertz CT molecular complexity index is 1090. The van der Waals surface area contributed by atoms with Crippen LogP contribution < -0.4 is 9.64 Å². The van der Waals surface area contributed by atoms with Crippen LogP contribution in [0.4, 0.5) is 5.69 Å². The van der Waals surface area contributed by atoms with E-state index in [1.807, 2.05) is 6.92 Å². The van der Waals surface area contributed by atoms with Gasteiger partial charge in [0.2, 0.25) is 5.91 Å². The summed E-state index contributed by atoms with van der Waals surface area (Å²) < 4.78 is 17.4. The highest BCUT2D eigenvalue weighted by molar-refractivity contribution is 6.04. The maximum Gasteiger partial charge on any atom is 0.313 e. The smallest absolute Gasteiger partial charge is 0.313 e. The third kappa shape index (κ3) is 5.10. The highest BCUT2D eigenvalue weighted by Gasteiger charge is 2.78. The molecule has 3 fully saturated rings. The molecule has 2 amide bonds. The second-order valence-electron chi connectivity index (χ2n) is 10.8. The van der Waals surface area contributed by atoms with Crippen LogP contribution in [0.25, 0.3) is 0 Å². The fourth-order valence-corrected chi connectivity index (χ4v) is 6.64. The van der Waals surface area contributed by atoms with E-state index in [2.05, 4.69) is 13.2 Å². The number of likely N-dealkylation sites (tertiary alicyclic amines) is 1. The highest BCUT2D eigenvalue weighted by Crippen LogP contribution is 2.63. The number of carbonyl (C=O) groups excluding carboxylic acids is 3. The van der Waals surface area contributed by atoms with Crippen molar-refractivity contribution in [3.63, 3.8) is 0 Å². The first kappa shape index (κ1) is 28.8. The number of aliphatic hydroxyl groups excluding tert-OH is 1. The number of aliphatic hydroxyl groups is 1. The van der Waals surface area contributed by atoms with Gasteiger partial charge in [-0.3, -0.25) is 14.4 Å². The lowest BCUT2D eigenvalue weighted by Crippen LogP contribution is -2.56. The zero-order chi connectivity index (χ0) is 28.2. The van der Waals surface area contributed by atoms with Gasteiger partial charge in [0, 0.05) is 25.4 Å². The van der Waals surface area contributed by atoms with E-state index >= 15 is 0 Å². The van der Waals surface area contributed by atoms with Gasteiger partial charge in [0.25, 0.3) is 5.91 Å². The molecule has 0 saturated carbocycles. The lowest BCUT2D eigenvalue weighted by Gasteiger charge is -2.37. The van der Waals surface area contributed by atoms with E-state index in [1.54, 1.807) is 47.3 Å². The molecule has 2 bridgehead atoms. The van der Waals surface area contributed by atoms with E-state index in [0.29, 0.717) is 43.7 Å². The molecule has 39 heavy (non-hydrogen) atoms. The first-order valence-electron chi connectivity index (χ1n) is 13.7. The number of amides is 2. The SMILES string of the molecule is C=CCOC(=O)[C@H]1[C@H]2C(=O)N(CCCCCCO)C(C(=O)N(CC=C)c3ccc(OC)cc3)C23CC[C@]1(C)O3. The van der Waals surface area contributed by atoms with Gasteiger partial charge < -0.3 is 29.1 Å². The van der Waals surface area contributed by atoms with Crippen molar-refractivity contribution in [1.29, 1.82) is 0 Å². The molecule has 1 aromatic rings. The van der Waals surface area contributed by atoms with E-state index in [9.17, 15) is 14.4 Å². The zero-order valence-electron chi connectivity index (χ0n) is 23.0. The number of nitrogens with zero attached hydrogens (tertiary/aromatic N) is 2. The van der Waals surface area contributed by atoms with Crippen LogP contribution in [0.1, 0.15) is 45.4 Å². The molecule has 3 saturated heterocycles. The summed E-state index contributed by atoms with van der Waals surface area (Å²) >= 11 is 0. The van der Waals surface area contributed by atoms with Crippen LogP contribution in [0.15, 0.2) is 49.6 Å². The van der Waals surface area contributed by atoms with Crippen LogP contribution in [-0.4, -0.2) is 78.4 Å². The molecule has 5 atom stereocenters. The number of rotatable bonds is 14. The minimum absolute atomic E-state index is 0.0425. The van der Waals surface area contributed by atoms with Gasteiger partial charge >= 0.3 is 5.97 Å². The van der Waals surface area contributed by atoms with Crippen LogP contribution in [0, 0.1) is 11.8 Å². The molecule has 9 heteroatoms. The number of carbonyl (C=O) groups is 3. The van der Waals surface area contributed by atoms with Gasteiger partial charge in [0.05, 0.1) is 18.6 Å². The first-order chi connectivity index (χ1) is 18.8. The maximum atomic E-state index is 14.5. The molecule has 1 N–H and O–H groups in total. The molecule has 212 valence electrons. The van der Waals surface area contributed by atoms with Crippen LogP contribution >= 0.6 is 0 Å². The van der Waals surface area contributed by atoms with Gasteiger partial charge in [-0.15, -0.1) is 6.58 Å². The van der Waals surface area contributed by atoms with Crippen LogP contribution in [-0.2, 0) is 23.9 Å². The Hall–Kier alpha value is -3.17. The Morgan fingerprint density at radius 1 is 1.15 bits per heavy atom. The van der Waals surface area contributed by atoms with Crippen LogP contribution in [0.3, 0.4) is 0 Å². The summed E-state index contributed by atoms with van der Waals surface area (Å²) in [5.41, 5.74) is -1.37. The summed E-state index contributed by atoms with van der Waals surface area (Å²) in [5.74, 6) is -1.95. The number of methoxy groups -OCH3 is 1. The molecule has 0 radical (unpaired) electrons. The summed E-state index contributed by atoms with van der Waals surface area (Å²) in [6.07, 6.45) is 7.17. The molecule has 3 aliphatic rings. The van der Waals surface area contributed by atoms with Crippen molar-refractivity contribution < 1.29 is 33.7 Å². The van der Waals surface area contributed by atoms with Gasteiger partial charge in [-0.2, -0.15) is 0 Å². The predicted molar refractivity (Wildman–Crippen MR) is 146 cm³/mol. The van der Waals surface area contributed by atoms with Crippen molar-refractivity contribution in [2.75, 3.05) is 38.3 Å². The molecule has 3 heterocycles. The molecular weight excluding hydrogens is 500 g/mol. The molecule has 1 spiro atoms. The monoisotopic (exact) mass is 540 g/mol. The van der Waals surface area contributed by atoms with Crippen molar-refractivity contribution >= 4 is 23.5 Å². The standard InChI is InChI=1S/C30H40N2O7/c1-5-17-31(21-11-13-22(37-4)14-12-21)27(35)25-30-16-15-29(3,39-30)24(28(36)38-20-6-2)23(30)26(34)32(25)18-9-7-8-10-19-33/h5-6,11-14,23-25,33H,1-2,7-10,15-20H2,3-4H3/t23-,24+,25?,29-,30?/m0/s1. The molecule has 1 aromatic carbocycles. The molecule has 0 aromatic heterocycles. The summed E-state index contributed by atoms with van der Waals surface area (Å²) in [4.78, 5) is 45.1. The van der Waals surface area contributed by atoms with E-state index in [0.717, 1.165) is 12.8 Å². The van der Waals surface area contributed by atoms with Gasteiger partial charge in [0.1, 0.15) is 29.9 Å². The molecule has 3 aliphatic heterocycles. The van der Waals surface area contributed by atoms with Crippen LogP contribution in [0.5, 0.6) is 5.75 Å². The van der Waals surface area contributed by atoms with Crippen molar-refractivity contribution in [2.45, 2.75) is 62.7 Å². The number of hydrogen-bond acceptors (Lipinski definition) is 7. The van der Waals surface area contributed by atoms with Gasteiger partial charge in [-0.05, 0) is 56.9 Å². The Balaban J connectivity index is 1.72. The minimum atomic E-state index is -1.13. The second kappa shape index (κ2) is 11.9. The van der Waals surface area contributed by atoms with Crippen LogP contribution in [0.2, 0.25) is 0 Å². The van der Waals surface area contributed by atoms with Gasteiger partial charge in [-0.1, -0.05) is 31.6 Å². The molecule has 4 rings (SSSR count). The predicted octanol–water partition coefficient (Wildman–Crippen LogP) is 3.26. The fraction of sp³-hybridized carbons (Fsp3) is 0.567. The number of anilines is 1. The van der Waals surface area contributed by atoms with E-state index in [-0.39, 0.29) is 31.6 Å². The third-order valence-corrected chi connectivity index (χ3v) is 8.38. The number of esters is 1. The Labute approximate surface area is 230 Å². The lowest BCUT2D eigenvalue weighted by molar-refractivity contribution is -0.158. The average Bonchev–Trinajstić information content (AvgIpc) is 3.50. The Morgan fingerprint density at radius 2 is 1.87 bits per heavy atom. The largest absolute Gasteiger partial charge is 0.497 e. The molecule has 9 nitrogen and oxygen atoms in total. The third-order valence-electron chi connectivity index (χ3n) is 8.38. The number of benzene rings is 1. The number of unbranched alkanes of at least 4 members (excludes halogenated alkanes) is 3. The fourth-order valence-electron chi connectivity index (χ4n) is 6.64. The van der Waals surface area contributed by atoms with Gasteiger partial charge in [-0.25, -0.2) is 0 Å². The molecule has 2 unspecified atom stereocenters. The quantitative estimate of drug-likeness (QED) is 0.219. The van der Waals surface area contributed by atoms with E-state index in [4.69, 9.17) is 19.3 Å². The molecular formula is C30H40N2O7. The maximum absolute atomic E-state index is 14.5. The summed E-state index contributed by atoms with van der Waals surface area (Å²) in [6, 6.07) is 6.27. The topological polar surface area (TPSA) is 106 Å². The minimum Gasteiger partial charge on any atom is -0.497 e. The normalized spacial score (nSPS) is 28.7. The summed E-state index contributed by atoms with van der Waals surface area (Å²) in [5, 5.41) is 9.14. The van der Waals surface area contributed by atoms with Crippen molar-refractivity contribution in [1.82, 2.24) is 4.90 Å². The van der Waals surface area contributed by atoms with Crippen molar-refractivity contribution in [2.24, 2.45) is 11.8 Å². The van der Waals surface area contributed by atoms with E-state index in [1.165, 1.54) is 6.08 Å². The Morgan fingerprint density at radius 3 is 2.51 bits per heavy atom. The van der Waals surface area contributed by atoms with Crippen molar-refractivity contribution in [3.8, 4) is 5.75 Å². The second-order valence-corrected chi connectivity index (χ2v) is 10.8. The highest BCUT2D eigenvalue weighted by atomic mass is 16.6. The number of hydrogen-bond donors (Lipinski definition) is 1. The van der Waals surface area contributed by atoms with E-state index < -0.39 is 35.0 Å². The summed E-state index contributed by atoms with van der Waals surface area (Å²) in [6.45, 7) is 10.1. The number of fused-ring (bicyclic) bond motifs is 1. The Kier molecular flexibility index (Phi) is 8.81.